The Kier molecular flexibility index (Phi) is 3.29. The third-order valence-electron chi connectivity index (χ3n) is 2.27. The normalized spacial score (nSPS) is 13.0. The van der Waals surface area contributed by atoms with Gasteiger partial charge in [-0.3, -0.25) is 0 Å². The van der Waals surface area contributed by atoms with E-state index in [0.29, 0.717) is 6.42 Å². The smallest absolute Gasteiger partial charge is 0.106 e. The average molecular weight is 287 g/mol. The van der Waals surface area contributed by atoms with Crippen molar-refractivity contribution in [3.05, 3.63) is 44.4 Å². The topological polar surface area (TPSA) is 33.4 Å². The summed E-state index contributed by atoms with van der Waals surface area (Å²) < 4.78 is 6.23. The molecular formula is C11H11BrO2S. The second-order valence-electron chi connectivity index (χ2n) is 3.38. The highest BCUT2D eigenvalue weighted by Crippen LogP contribution is 2.27. The Morgan fingerprint density at radius 3 is 2.93 bits per heavy atom. The summed E-state index contributed by atoms with van der Waals surface area (Å²) in [4.78, 5) is 1.16. The van der Waals surface area contributed by atoms with E-state index in [2.05, 4.69) is 15.9 Å². The van der Waals surface area contributed by atoms with Gasteiger partial charge in [0, 0.05) is 26.7 Å². The van der Waals surface area contributed by atoms with Crippen LogP contribution in [-0.2, 0) is 6.42 Å². The molecule has 0 bridgehead atoms. The van der Waals surface area contributed by atoms with Crippen molar-refractivity contribution in [2.24, 2.45) is 0 Å². The lowest BCUT2D eigenvalue weighted by molar-refractivity contribution is 0.177. The molecule has 0 saturated heterocycles. The minimum atomic E-state index is -0.478. The van der Waals surface area contributed by atoms with Crippen LogP contribution in [0.5, 0.6) is 0 Å². The van der Waals surface area contributed by atoms with Gasteiger partial charge >= 0.3 is 0 Å². The van der Waals surface area contributed by atoms with Crippen LogP contribution in [0.15, 0.2) is 32.7 Å². The lowest BCUT2D eigenvalue weighted by Crippen LogP contribution is -2.00. The predicted molar refractivity (Wildman–Crippen MR) is 64.1 cm³/mol. The Bertz CT molecular complexity index is 447. The van der Waals surface area contributed by atoms with Gasteiger partial charge in [0.25, 0.3) is 0 Å². The molecule has 0 aliphatic heterocycles. The van der Waals surface area contributed by atoms with Crippen LogP contribution in [0.2, 0.25) is 0 Å². The van der Waals surface area contributed by atoms with Gasteiger partial charge in [0.15, 0.2) is 0 Å². The highest BCUT2D eigenvalue weighted by molar-refractivity contribution is 9.10. The van der Waals surface area contributed by atoms with Gasteiger partial charge in [-0.25, -0.2) is 0 Å². The second kappa shape index (κ2) is 4.51. The van der Waals surface area contributed by atoms with Crippen LogP contribution in [0.4, 0.5) is 0 Å². The van der Waals surface area contributed by atoms with Crippen LogP contribution in [-0.4, -0.2) is 5.11 Å². The van der Waals surface area contributed by atoms with Crippen molar-refractivity contribution < 1.29 is 9.52 Å². The van der Waals surface area contributed by atoms with Gasteiger partial charge in [-0.15, -0.1) is 11.3 Å². The highest BCUT2D eigenvalue weighted by atomic mass is 79.9. The maximum Gasteiger partial charge on any atom is 0.106 e. The number of furan rings is 1. The summed E-state index contributed by atoms with van der Waals surface area (Å²) in [7, 11) is 0. The molecule has 1 unspecified atom stereocenters. The quantitative estimate of drug-likeness (QED) is 0.934. The molecule has 0 saturated carbocycles. The van der Waals surface area contributed by atoms with E-state index in [4.69, 9.17) is 4.42 Å². The number of hydrogen-bond acceptors (Lipinski definition) is 3. The average Bonchev–Trinajstić information content (AvgIpc) is 2.75. The maximum absolute atomic E-state index is 9.98. The molecule has 4 heteroatoms. The Morgan fingerprint density at radius 1 is 1.60 bits per heavy atom. The van der Waals surface area contributed by atoms with Crippen LogP contribution >= 0.6 is 27.3 Å². The first-order valence-corrected chi connectivity index (χ1v) is 6.29. The molecule has 15 heavy (non-hydrogen) atoms. The van der Waals surface area contributed by atoms with E-state index in [1.807, 2.05) is 24.4 Å². The number of aliphatic hydroxyl groups excluding tert-OH is 1. The van der Waals surface area contributed by atoms with Crippen molar-refractivity contribution in [1.29, 1.82) is 0 Å². The zero-order valence-electron chi connectivity index (χ0n) is 8.24. The summed E-state index contributed by atoms with van der Waals surface area (Å²) in [5.74, 6) is 0.790. The van der Waals surface area contributed by atoms with Crippen molar-refractivity contribution in [2.75, 3.05) is 0 Å². The van der Waals surface area contributed by atoms with Gasteiger partial charge in [0.1, 0.15) is 5.76 Å². The van der Waals surface area contributed by atoms with Gasteiger partial charge in [-0.1, -0.05) is 0 Å². The number of aryl methyl sites for hydroxylation is 1. The molecule has 2 heterocycles. The Morgan fingerprint density at radius 2 is 2.40 bits per heavy atom. The highest BCUT2D eigenvalue weighted by Gasteiger charge is 2.14. The SMILES string of the molecule is Cc1occc1C(O)Cc1cc(Br)cs1. The predicted octanol–water partition coefficient (Wildman–Crippen LogP) is 3.69. The van der Waals surface area contributed by atoms with E-state index in [-0.39, 0.29) is 0 Å². The summed E-state index contributed by atoms with van der Waals surface area (Å²) in [5, 5.41) is 12.0. The van der Waals surface area contributed by atoms with Gasteiger partial charge < -0.3 is 9.52 Å². The van der Waals surface area contributed by atoms with Crippen molar-refractivity contribution >= 4 is 27.3 Å². The van der Waals surface area contributed by atoms with Crippen molar-refractivity contribution in [2.45, 2.75) is 19.4 Å². The number of rotatable bonds is 3. The summed E-state index contributed by atoms with van der Waals surface area (Å²) in [6, 6.07) is 3.85. The fourth-order valence-corrected chi connectivity index (χ4v) is 2.99. The summed E-state index contributed by atoms with van der Waals surface area (Å²) in [5.41, 5.74) is 0.875. The van der Waals surface area contributed by atoms with Crippen LogP contribution in [0.3, 0.4) is 0 Å². The van der Waals surface area contributed by atoms with E-state index < -0.39 is 6.10 Å². The summed E-state index contributed by atoms with van der Waals surface area (Å²) >= 11 is 5.04. The molecule has 1 atom stereocenters. The number of hydrogen-bond donors (Lipinski definition) is 1. The molecule has 0 fully saturated rings. The summed E-state index contributed by atoms with van der Waals surface area (Å²) in [6.45, 7) is 1.86. The van der Waals surface area contributed by atoms with E-state index in [1.165, 1.54) is 0 Å². The fraction of sp³-hybridized carbons (Fsp3) is 0.273. The van der Waals surface area contributed by atoms with Crippen LogP contribution in [0, 0.1) is 6.92 Å². The fourth-order valence-electron chi connectivity index (χ4n) is 1.50. The van der Waals surface area contributed by atoms with E-state index >= 15 is 0 Å². The van der Waals surface area contributed by atoms with Gasteiger partial charge in [0.05, 0.1) is 12.4 Å². The minimum Gasteiger partial charge on any atom is -0.469 e. The molecular weight excluding hydrogens is 276 g/mol. The second-order valence-corrected chi connectivity index (χ2v) is 5.29. The van der Waals surface area contributed by atoms with Gasteiger partial charge in [-0.05, 0) is 35.0 Å². The standard InChI is InChI=1S/C11H11BrO2S/c1-7-10(2-3-14-7)11(13)5-9-4-8(12)6-15-9/h2-4,6,11,13H,5H2,1H3. The third kappa shape index (κ3) is 2.51. The third-order valence-corrected chi connectivity index (χ3v) is 3.99. The molecule has 0 aliphatic carbocycles. The Balaban J connectivity index is 2.10. The molecule has 0 amide bonds. The molecule has 2 nitrogen and oxygen atoms in total. The van der Waals surface area contributed by atoms with E-state index in [1.54, 1.807) is 17.6 Å². The van der Waals surface area contributed by atoms with Crippen LogP contribution in [0.25, 0.3) is 0 Å². The largest absolute Gasteiger partial charge is 0.469 e. The maximum atomic E-state index is 9.98. The van der Waals surface area contributed by atoms with Gasteiger partial charge in [0.2, 0.25) is 0 Å². The first-order chi connectivity index (χ1) is 7.16. The lowest BCUT2D eigenvalue weighted by Gasteiger charge is -2.07. The molecule has 0 spiro atoms. The molecule has 2 aromatic heterocycles. The monoisotopic (exact) mass is 286 g/mol. The number of halogens is 1. The van der Waals surface area contributed by atoms with Crippen LogP contribution in [0.1, 0.15) is 22.3 Å². The minimum absolute atomic E-state index is 0.478. The number of thiophene rings is 1. The lowest BCUT2D eigenvalue weighted by atomic mass is 10.1. The van der Waals surface area contributed by atoms with Crippen molar-refractivity contribution in [3.8, 4) is 0 Å². The van der Waals surface area contributed by atoms with Crippen molar-refractivity contribution in [3.63, 3.8) is 0 Å². The van der Waals surface area contributed by atoms with Crippen molar-refractivity contribution in [1.82, 2.24) is 0 Å². The molecule has 2 rings (SSSR count). The molecule has 80 valence electrons. The number of aliphatic hydroxyl groups is 1. The molecule has 0 aliphatic rings. The molecule has 1 N–H and O–H groups in total. The molecule has 0 radical (unpaired) electrons. The first-order valence-electron chi connectivity index (χ1n) is 4.62. The van der Waals surface area contributed by atoms with Gasteiger partial charge in [-0.2, -0.15) is 0 Å². The zero-order valence-corrected chi connectivity index (χ0v) is 10.6. The molecule has 2 aromatic rings. The van der Waals surface area contributed by atoms with Crippen LogP contribution < -0.4 is 0 Å². The van der Waals surface area contributed by atoms with E-state index in [9.17, 15) is 5.11 Å². The summed E-state index contributed by atoms with van der Waals surface area (Å²) in [6.07, 6.45) is 1.77. The van der Waals surface area contributed by atoms with E-state index in [0.717, 1.165) is 20.7 Å². The Labute approximate surface area is 101 Å². The zero-order chi connectivity index (χ0) is 10.8. The Hall–Kier alpha value is -0.580. The first kappa shape index (κ1) is 10.9. The molecule has 0 aromatic carbocycles.